The minimum atomic E-state index is -0.906. The molecule has 3 N–H and O–H groups in total. The van der Waals surface area contributed by atoms with Crippen molar-refractivity contribution >= 4 is 18.0 Å². The number of nitrogens with zero attached hydrogens (tertiary/aromatic N) is 3. The number of fused-ring (bicyclic) bond motifs is 3. The molecule has 10 heteroatoms. The predicted octanol–water partition coefficient (Wildman–Crippen LogP) is 2.54. The van der Waals surface area contributed by atoms with Crippen LogP contribution >= 0.6 is 0 Å². The number of amides is 2. The third-order valence-electron chi connectivity index (χ3n) is 5.82. The van der Waals surface area contributed by atoms with E-state index in [4.69, 9.17) is 9.84 Å². The Kier molecular flexibility index (Phi) is 7.39. The number of aromatic nitrogens is 3. The van der Waals surface area contributed by atoms with Gasteiger partial charge in [0, 0.05) is 18.9 Å². The summed E-state index contributed by atoms with van der Waals surface area (Å²) in [4.78, 5) is 35.0. The minimum Gasteiger partial charge on any atom is -0.481 e. The van der Waals surface area contributed by atoms with E-state index in [1.54, 1.807) is 13.1 Å². The van der Waals surface area contributed by atoms with Gasteiger partial charge in [-0.15, -0.1) is 5.10 Å². The third kappa shape index (κ3) is 6.03. The van der Waals surface area contributed by atoms with Gasteiger partial charge in [0.15, 0.2) is 0 Å². The quantitative estimate of drug-likeness (QED) is 0.408. The van der Waals surface area contributed by atoms with E-state index in [0.717, 1.165) is 22.3 Å². The fraction of sp³-hybridized carbons (Fsp3) is 0.320. The summed E-state index contributed by atoms with van der Waals surface area (Å²) in [7, 11) is 0. The highest BCUT2D eigenvalue weighted by atomic mass is 16.5. The van der Waals surface area contributed by atoms with Crippen LogP contribution in [0.3, 0.4) is 0 Å². The van der Waals surface area contributed by atoms with Crippen molar-refractivity contribution in [2.75, 3.05) is 13.2 Å². The normalized spacial score (nSPS) is 12.9. The number of carbonyl (C=O) groups is 3. The van der Waals surface area contributed by atoms with Gasteiger partial charge in [-0.3, -0.25) is 9.59 Å². The molecular weight excluding hydrogens is 450 g/mol. The molecule has 1 aliphatic rings. The zero-order chi connectivity index (χ0) is 24.8. The Morgan fingerprint density at radius 1 is 1.06 bits per heavy atom. The molecule has 0 spiro atoms. The van der Waals surface area contributed by atoms with E-state index < -0.39 is 12.1 Å². The van der Waals surface area contributed by atoms with Crippen molar-refractivity contribution in [3.8, 4) is 11.1 Å². The summed E-state index contributed by atoms with van der Waals surface area (Å²) in [5.41, 5.74) is 5.08. The molecule has 2 amide bonds. The van der Waals surface area contributed by atoms with Gasteiger partial charge in [0.25, 0.3) is 0 Å². The molecule has 2 aromatic carbocycles. The summed E-state index contributed by atoms with van der Waals surface area (Å²) < 4.78 is 6.86. The summed E-state index contributed by atoms with van der Waals surface area (Å²) >= 11 is 0. The van der Waals surface area contributed by atoms with Crippen LogP contribution in [0.1, 0.15) is 36.1 Å². The molecule has 35 heavy (non-hydrogen) atoms. The monoisotopic (exact) mass is 477 g/mol. The number of nitrogens with one attached hydrogen (secondary N) is 2. The Morgan fingerprint density at radius 3 is 2.37 bits per heavy atom. The van der Waals surface area contributed by atoms with E-state index in [1.165, 1.54) is 4.68 Å². The van der Waals surface area contributed by atoms with Crippen molar-refractivity contribution in [2.45, 2.75) is 32.4 Å². The van der Waals surface area contributed by atoms with Gasteiger partial charge >= 0.3 is 12.1 Å². The first-order valence-electron chi connectivity index (χ1n) is 11.4. The van der Waals surface area contributed by atoms with Crippen molar-refractivity contribution < 1.29 is 24.2 Å². The second-order valence-electron chi connectivity index (χ2n) is 8.59. The zero-order valence-corrected chi connectivity index (χ0v) is 19.3. The van der Waals surface area contributed by atoms with Gasteiger partial charge in [-0.2, -0.15) is 0 Å². The van der Waals surface area contributed by atoms with E-state index in [1.807, 2.05) is 24.3 Å². The van der Waals surface area contributed by atoms with E-state index >= 15 is 0 Å². The summed E-state index contributed by atoms with van der Waals surface area (Å²) in [5.74, 6) is -1.41. The Morgan fingerprint density at radius 2 is 1.71 bits per heavy atom. The average molecular weight is 478 g/mol. The molecule has 1 aromatic heterocycles. The number of aliphatic carboxylic acids is 1. The van der Waals surface area contributed by atoms with E-state index in [-0.39, 0.29) is 50.4 Å². The molecule has 10 nitrogen and oxygen atoms in total. The van der Waals surface area contributed by atoms with Gasteiger partial charge in [-0.25, -0.2) is 9.48 Å². The zero-order valence-electron chi connectivity index (χ0n) is 19.3. The lowest BCUT2D eigenvalue weighted by molar-refractivity contribution is -0.138. The molecule has 0 saturated heterocycles. The molecule has 3 aromatic rings. The van der Waals surface area contributed by atoms with Crippen molar-refractivity contribution in [2.24, 2.45) is 5.92 Å². The SMILES string of the molecule is CC(CNC(=O)Cn1cc(CNC(=O)OCC2c3ccccc3-c3ccccc32)nn1)CC(=O)O. The molecule has 1 unspecified atom stereocenters. The molecule has 182 valence electrons. The molecule has 0 saturated carbocycles. The number of carbonyl (C=O) groups excluding carboxylic acids is 2. The fourth-order valence-electron chi connectivity index (χ4n) is 4.17. The van der Waals surface area contributed by atoms with Crippen LogP contribution < -0.4 is 10.6 Å². The predicted molar refractivity (Wildman–Crippen MR) is 126 cm³/mol. The fourth-order valence-corrected chi connectivity index (χ4v) is 4.17. The van der Waals surface area contributed by atoms with Crippen LogP contribution in [0, 0.1) is 5.92 Å². The maximum absolute atomic E-state index is 12.3. The molecule has 0 bridgehead atoms. The number of carboxylic acids is 1. The number of ether oxygens (including phenoxy) is 1. The first-order valence-corrected chi connectivity index (χ1v) is 11.4. The average Bonchev–Trinajstić information content (AvgIpc) is 3.42. The Labute approximate surface area is 202 Å². The van der Waals surface area contributed by atoms with Crippen LogP contribution in [0.25, 0.3) is 11.1 Å². The molecule has 0 radical (unpaired) electrons. The molecule has 1 heterocycles. The van der Waals surface area contributed by atoms with Crippen molar-refractivity contribution in [3.63, 3.8) is 0 Å². The highest BCUT2D eigenvalue weighted by molar-refractivity contribution is 5.79. The Hall–Kier alpha value is -4.21. The topological polar surface area (TPSA) is 135 Å². The number of benzene rings is 2. The summed E-state index contributed by atoms with van der Waals surface area (Å²) in [6.45, 7) is 2.27. The van der Waals surface area contributed by atoms with Crippen molar-refractivity contribution in [3.05, 3.63) is 71.5 Å². The van der Waals surface area contributed by atoms with Crippen LogP contribution in [0.15, 0.2) is 54.7 Å². The lowest BCUT2D eigenvalue weighted by Gasteiger charge is -2.14. The van der Waals surface area contributed by atoms with Gasteiger partial charge in [0.05, 0.1) is 12.7 Å². The van der Waals surface area contributed by atoms with Gasteiger partial charge < -0.3 is 20.5 Å². The Bertz CT molecular complexity index is 1180. The van der Waals surface area contributed by atoms with Crippen LogP contribution in [-0.2, 0) is 27.4 Å². The van der Waals surface area contributed by atoms with Crippen LogP contribution in [0.4, 0.5) is 4.79 Å². The van der Waals surface area contributed by atoms with Crippen LogP contribution in [0.2, 0.25) is 0 Å². The highest BCUT2D eigenvalue weighted by Crippen LogP contribution is 2.44. The minimum absolute atomic E-state index is 0.0186. The summed E-state index contributed by atoms with van der Waals surface area (Å²) in [6, 6.07) is 16.2. The van der Waals surface area contributed by atoms with E-state index in [0.29, 0.717) is 5.69 Å². The Balaban J connectivity index is 1.23. The van der Waals surface area contributed by atoms with Gasteiger partial charge in [-0.05, 0) is 28.2 Å². The number of rotatable bonds is 10. The van der Waals surface area contributed by atoms with Crippen LogP contribution in [0.5, 0.6) is 0 Å². The molecule has 0 fully saturated rings. The highest BCUT2D eigenvalue weighted by Gasteiger charge is 2.29. The largest absolute Gasteiger partial charge is 0.481 e. The first-order chi connectivity index (χ1) is 16.9. The van der Waals surface area contributed by atoms with Crippen LogP contribution in [-0.4, -0.2) is 51.2 Å². The van der Waals surface area contributed by atoms with Crippen molar-refractivity contribution in [1.29, 1.82) is 0 Å². The van der Waals surface area contributed by atoms with Gasteiger partial charge in [0.1, 0.15) is 18.8 Å². The summed E-state index contributed by atoms with van der Waals surface area (Å²) in [5, 5.41) is 22.0. The molecule has 1 atom stereocenters. The number of carboxylic acid groups (broad SMARTS) is 1. The first kappa shape index (κ1) is 23.9. The molecule has 4 rings (SSSR count). The molecular formula is C25H27N5O5. The maximum atomic E-state index is 12.3. The third-order valence-corrected chi connectivity index (χ3v) is 5.82. The van der Waals surface area contributed by atoms with E-state index in [9.17, 15) is 14.4 Å². The van der Waals surface area contributed by atoms with E-state index in [2.05, 4.69) is 45.2 Å². The number of hydrogen-bond acceptors (Lipinski definition) is 6. The standard InChI is InChI=1S/C25H27N5O5/c1-16(10-24(32)33)11-26-23(31)14-30-13-17(28-29-30)12-27-25(34)35-15-22-20-8-4-2-6-18(20)19-7-3-5-9-21(19)22/h2-9,13,16,22H,10-12,14-15H2,1H3,(H,26,31)(H,27,34)(H,32,33). The number of hydrogen-bond donors (Lipinski definition) is 3. The molecule has 0 aliphatic heterocycles. The number of alkyl carbamates (subject to hydrolysis) is 1. The maximum Gasteiger partial charge on any atom is 0.407 e. The lowest BCUT2D eigenvalue weighted by Crippen LogP contribution is -2.32. The second-order valence-corrected chi connectivity index (χ2v) is 8.59. The smallest absolute Gasteiger partial charge is 0.407 e. The second kappa shape index (κ2) is 10.8. The molecule has 1 aliphatic carbocycles. The summed E-state index contributed by atoms with van der Waals surface area (Å²) in [6.07, 6.45) is 0.978. The van der Waals surface area contributed by atoms with Gasteiger partial charge in [0.2, 0.25) is 5.91 Å². The van der Waals surface area contributed by atoms with Gasteiger partial charge in [-0.1, -0.05) is 60.7 Å². The lowest BCUT2D eigenvalue weighted by atomic mass is 9.98. The van der Waals surface area contributed by atoms with Crippen molar-refractivity contribution in [1.82, 2.24) is 25.6 Å².